The van der Waals surface area contributed by atoms with Crippen LogP contribution >= 0.6 is 0 Å². The number of methoxy groups -OCH3 is 1. The molecule has 6 nitrogen and oxygen atoms in total. The summed E-state index contributed by atoms with van der Waals surface area (Å²) in [4.78, 5) is 13.1. The normalized spacial score (nSPS) is 22.0. The number of hydrogen-bond acceptors (Lipinski definition) is 4. The first-order valence-corrected chi connectivity index (χ1v) is 11.0. The van der Waals surface area contributed by atoms with Crippen molar-refractivity contribution >= 4 is 15.9 Å². The predicted octanol–water partition coefficient (Wildman–Crippen LogP) is 2.05. The van der Waals surface area contributed by atoms with Gasteiger partial charge in [0.1, 0.15) is 5.75 Å². The van der Waals surface area contributed by atoms with Crippen molar-refractivity contribution in [2.45, 2.75) is 43.9 Å². The van der Waals surface area contributed by atoms with Crippen molar-refractivity contribution in [1.82, 2.24) is 9.62 Å². The van der Waals surface area contributed by atoms with Gasteiger partial charge in [0.2, 0.25) is 15.9 Å². The first-order chi connectivity index (χ1) is 12.5. The summed E-state index contributed by atoms with van der Waals surface area (Å²) in [5, 5.41) is 3.01. The Morgan fingerprint density at radius 3 is 2.42 bits per heavy atom. The maximum absolute atomic E-state index is 13.1. The molecule has 1 aliphatic carbocycles. The van der Waals surface area contributed by atoms with Gasteiger partial charge in [-0.25, -0.2) is 12.7 Å². The molecule has 1 aliphatic heterocycles. The van der Waals surface area contributed by atoms with E-state index in [4.69, 9.17) is 4.74 Å². The number of carbonyl (C=O) groups excluding carboxylic acids is 1. The topological polar surface area (TPSA) is 75.7 Å². The van der Waals surface area contributed by atoms with E-state index < -0.39 is 15.4 Å². The predicted molar refractivity (Wildman–Crippen MR) is 101 cm³/mol. The van der Waals surface area contributed by atoms with E-state index in [9.17, 15) is 13.2 Å². The van der Waals surface area contributed by atoms with Crippen molar-refractivity contribution in [2.24, 2.45) is 0 Å². The van der Waals surface area contributed by atoms with Gasteiger partial charge < -0.3 is 10.1 Å². The number of nitrogens with one attached hydrogen (secondary N) is 1. The maximum atomic E-state index is 13.1. The number of amides is 1. The molecule has 2 fully saturated rings. The average molecular weight is 381 g/mol. The zero-order valence-corrected chi connectivity index (χ0v) is 16.2. The van der Waals surface area contributed by atoms with Crippen molar-refractivity contribution < 1.29 is 17.9 Å². The molecule has 1 heterocycles. The second-order valence-electron chi connectivity index (χ2n) is 7.20. The number of benzene rings is 1. The van der Waals surface area contributed by atoms with Crippen molar-refractivity contribution in [3.63, 3.8) is 0 Å². The number of nitrogens with zero attached hydrogens (tertiary/aromatic N) is 1. The molecule has 1 saturated carbocycles. The van der Waals surface area contributed by atoms with Crippen LogP contribution in [0.1, 0.15) is 44.1 Å². The SMILES string of the molecule is COc1ccc(C2(C(=O)NCCN3CCCS3(=O)=O)CCCCC2)cc1. The average Bonchev–Trinajstić information content (AvgIpc) is 3.00. The Morgan fingerprint density at radius 2 is 1.85 bits per heavy atom. The highest BCUT2D eigenvalue weighted by Crippen LogP contribution is 2.40. The molecule has 1 aromatic carbocycles. The molecule has 1 N–H and O–H groups in total. The fraction of sp³-hybridized carbons (Fsp3) is 0.632. The van der Waals surface area contributed by atoms with Crippen LogP contribution in [-0.2, 0) is 20.2 Å². The van der Waals surface area contributed by atoms with Crippen molar-refractivity contribution in [3.05, 3.63) is 29.8 Å². The van der Waals surface area contributed by atoms with Crippen LogP contribution in [0.15, 0.2) is 24.3 Å². The third kappa shape index (κ3) is 3.88. The van der Waals surface area contributed by atoms with Gasteiger partial charge in [0.15, 0.2) is 0 Å². The first kappa shape index (κ1) is 19.2. The minimum atomic E-state index is -3.12. The van der Waals surface area contributed by atoms with E-state index in [-0.39, 0.29) is 11.7 Å². The van der Waals surface area contributed by atoms with Gasteiger partial charge in [-0.05, 0) is 37.0 Å². The molecular formula is C19H28N2O4S. The summed E-state index contributed by atoms with van der Waals surface area (Å²) in [7, 11) is -1.49. The quantitative estimate of drug-likeness (QED) is 0.820. The van der Waals surface area contributed by atoms with E-state index in [1.807, 2.05) is 24.3 Å². The third-order valence-corrected chi connectivity index (χ3v) is 7.59. The van der Waals surface area contributed by atoms with Crippen LogP contribution in [0.5, 0.6) is 5.75 Å². The summed E-state index contributed by atoms with van der Waals surface area (Å²) in [6.45, 7) is 1.27. The molecule has 1 saturated heterocycles. The molecule has 0 aromatic heterocycles. The molecule has 0 radical (unpaired) electrons. The lowest BCUT2D eigenvalue weighted by atomic mass is 9.68. The zero-order valence-electron chi connectivity index (χ0n) is 15.4. The van der Waals surface area contributed by atoms with Crippen molar-refractivity contribution in [1.29, 1.82) is 0 Å². The van der Waals surface area contributed by atoms with E-state index in [2.05, 4.69) is 5.32 Å². The van der Waals surface area contributed by atoms with Crippen LogP contribution in [0.2, 0.25) is 0 Å². The Balaban J connectivity index is 1.69. The first-order valence-electron chi connectivity index (χ1n) is 9.39. The highest BCUT2D eigenvalue weighted by molar-refractivity contribution is 7.89. The Labute approximate surface area is 156 Å². The largest absolute Gasteiger partial charge is 0.497 e. The summed E-state index contributed by atoms with van der Waals surface area (Å²) >= 11 is 0. The van der Waals surface area contributed by atoms with Gasteiger partial charge in [0.25, 0.3) is 0 Å². The van der Waals surface area contributed by atoms with Crippen LogP contribution < -0.4 is 10.1 Å². The molecule has 26 heavy (non-hydrogen) atoms. The summed E-state index contributed by atoms with van der Waals surface area (Å²) < 4.78 is 30.5. The van der Waals surface area contributed by atoms with E-state index in [0.29, 0.717) is 26.1 Å². The lowest BCUT2D eigenvalue weighted by molar-refractivity contribution is -0.128. The van der Waals surface area contributed by atoms with E-state index in [1.54, 1.807) is 7.11 Å². The molecule has 3 rings (SSSR count). The monoisotopic (exact) mass is 380 g/mol. The van der Waals surface area contributed by atoms with Crippen molar-refractivity contribution in [2.75, 3.05) is 32.5 Å². The summed E-state index contributed by atoms with van der Waals surface area (Å²) in [6.07, 6.45) is 5.53. The Kier molecular flexibility index (Phi) is 5.87. The van der Waals surface area contributed by atoms with E-state index >= 15 is 0 Å². The van der Waals surface area contributed by atoms with Gasteiger partial charge in [0.05, 0.1) is 18.3 Å². The highest BCUT2D eigenvalue weighted by atomic mass is 32.2. The van der Waals surface area contributed by atoms with E-state index in [1.165, 1.54) is 4.31 Å². The lowest BCUT2D eigenvalue weighted by Gasteiger charge is -2.36. The van der Waals surface area contributed by atoms with Crippen molar-refractivity contribution in [3.8, 4) is 5.75 Å². The Morgan fingerprint density at radius 1 is 1.15 bits per heavy atom. The molecule has 0 unspecified atom stereocenters. The summed E-state index contributed by atoms with van der Waals surface area (Å²) in [6, 6.07) is 7.76. The standard InChI is InChI=1S/C19H28N2O4S/c1-25-17-8-6-16(7-9-17)19(10-3-2-4-11-19)18(22)20-12-14-21-13-5-15-26(21,23)24/h6-9H,2-5,10-15H2,1H3,(H,20,22). The number of rotatable bonds is 6. The smallest absolute Gasteiger partial charge is 0.230 e. The minimum absolute atomic E-state index is 0.0129. The number of hydrogen-bond donors (Lipinski definition) is 1. The zero-order chi connectivity index (χ0) is 18.6. The van der Waals surface area contributed by atoms with Gasteiger partial charge in [-0.1, -0.05) is 31.4 Å². The van der Waals surface area contributed by atoms with Gasteiger partial charge in [0, 0.05) is 19.6 Å². The van der Waals surface area contributed by atoms with Gasteiger partial charge >= 0.3 is 0 Å². The molecule has 0 spiro atoms. The Bertz CT molecular complexity index is 724. The van der Waals surface area contributed by atoms with Gasteiger partial charge in [-0.2, -0.15) is 0 Å². The molecule has 0 bridgehead atoms. The third-order valence-electron chi connectivity index (χ3n) is 5.63. The fourth-order valence-corrected chi connectivity index (χ4v) is 5.65. The van der Waals surface area contributed by atoms with Crippen LogP contribution in [0.4, 0.5) is 0 Å². The number of ether oxygens (including phenoxy) is 1. The lowest BCUT2D eigenvalue weighted by Crippen LogP contribution is -2.47. The van der Waals surface area contributed by atoms with Gasteiger partial charge in [-0.15, -0.1) is 0 Å². The maximum Gasteiger partial charge on any atom is 0.230 e. The number of sulfonamides is 1. The van der Waals surface area contributed by atoms with Crippen LogP contribution in [0.3, 0.4) is 0 Å². The minimum Gasteiger partial charge on any atom is -0.497 e. The molecule has 7 heteroatoms. The second kappa shape index (κ2) is 7.96. The molecule has 2 aliphatic rings. The van der Waals surface area contributed by atoms with Crippen LogP contribution in [0.25, 0.3) is 0 Å². The summed E-state index contributed by atoms with van der Waals surface area (Å²) in [5.74, 6) is 1.01. The molecular weight excluding hydrogens is 352 g/mol. The molecule has 1 amide bonds. The fourth-order valence-electron chi connectivity index (χ4n) is 4.12. The van der Waals surface area contributed by atoms with Gasteiger partial charge in [-0.3, -0.25) is 4.79 Å². The summed E-state index contributed by atoms with van der Waals surface area (Å²) in [5.41, 5.74) is 0.498. The Hall–Kier alpha value is -1.60. The molecule has 144 valence electrons. The van der Waals surface area contributed by atoms with Crippen LogP contribution in [-0.4, -0.2) is 51.1 Å². The second-order valence-corrected chi connectivity index (χ2v) is 9.28. The molecule has 0 atom stereocenters. The van der Waals surface area contributed by atoms with Crippen LogP contribution in [0, 0.1) is 0 Å². The van der Waals surface area contributed by atoms with E-state index in [0.717, 1.165) is 43.4 Å². The highest BCUT2D eigenvalue weighted by Gasteiger charge is 2.41. The number of carbonyl (C=O) groups is 1. The molecule has 1 aromatic rings.